The highest BCUT2D eigenvalue weighted by molar-refractivity contribution is 5.80. The van der Waals surface area contributed by atoms with Crippen molar-refractivity contribution in [3.63, 3.8) is 0 Å². The quantitative estimate of drug-likeness (QED) is 0.808. The van der Waals surface area contributed by atoms with E-state index in [1.54, 1.807) is 19.5 Å². The number of methoxy groups -OCH3 is 1. The van der Waals surface area contributed by atoms with E-state index >= 15 is 0 Å². The number of para-hydroxylation sites is 2. The van der Waals surface area contributed by atoms with Crippen LogP contribution < -0.4 is 14.5 Å². The lowest BCUT2D eigenvalue weighted by atomic mass is 9.96. The molecule has 0 spiro atoms. The van der Waals surface area contributed by atoms with Gasteiger partial charge in [-0.25, -0.2) is 9.97 Å². The number of hydrogen-bond acceptors (Lipinski definition) is 6. The maximum absolute atomic E-state index is 13.1. The maximum atomic E-state index is 13.1. The minimum absolute atomic E-state index is 0.0235. The second kappa shape index (κ2) is 8.46. The lowest BCUT2D eigenvalue weighted by Crippen LogP contribution is -2.52. The minimum Gasteiger partial charge on any atom is -0.495 e. The molecule has 7 heteroatoms. The van der Waals surface area contributed by atoms with E-state index in [9.17, 15) is 4.79 Å². The predicted molar refractivity (Wildman–Crippen MR) is 109 cm³/mol. The van der Waals surface area contributed by atoms with Crippen molar-refractivity contribution in [3.8, 4) is 5.75 Å². The van der Waals surface area contributed by atoms with Gasteiger partial charge in [0.05, 0.1) is 18.7 Å². The van der Waals surface area contributed by atoms with Crippen LogP contribution in [0.1, 0.15) is 12.8 Å². The average Bonchev–Trinajstić information content (AvgIpc) is 2.79. The molecule has 4 rings (SSSR count). The molecule has 1 amide bonds. The standard InChI is InChI=1S/C21H27N5O2/c1-28-19-8-3-2-7-18(19)24-12-14-25(15-13-24)20(27)17-6-4-11-26(16-17)21-22-9-5-10-23-21/h2-3,5,7-10,17H,4,6,11-16H2,1H3/t17-/m0/s1. The van der Waals surface area contributed by atoms with Gasteiger partial charge in [-0.2, -0.15) is 0 Å². The molecule has 2 saturated heterocycles. The molecule has 1 aromatic carbocycles. The predicted octanol–water partition coefficient (Wildman–Crippen LogP) is 2.05. The second-order valence-electron chi connectivity index (χ2n) is 7.32. The lowest BCUT2D eigenvalue weighted by molar-refractivity contribution is -0.136. The first-order valence-electron chi connectivity index (χ1n) is 9.95. The van der Waals surface area contributed by atoms with E-state index in [-0.39, 0.29) is 11.8 Å². The molecule has 0 bridgehead atoms. The van der Waals surface area contributed by atoms with E-state index < -0.39 is 0 Å². The molecule has 0 N–H and O–H groups in total. The number of piperazine rings is 1. The van der Waals surface area contributed by atoms with Gasteiger partial charge in [0.15, 0.2) is 0 Å². The summed E-state index contributed by atoms with van der Waals surface area (Å²) in [5.41, 5.74) is 1.10. The maximum Gasteiger partial charge on any atom is 0.227 e. The Balaban J connectivity index is 1.36. The summed E-state index contributed by atoms with van der Waals surface area (Å²) >= 11 is 0. The molecular formula is C21H27N5O2. The SMILES string of the molecule is COc1ccccc1N1CCN(C(=O)[C@H]2CCCN(c3ncccn3)C2)CC1. The largest absolute Gasteiger partial charge is 0.495 e. The van der Waals surface area contributed by atoms with Gasteiger partial charge in [0.1, 0.15) is 5.75 Å². The van der Waals surface area contributed by atoms with Crippen molar-refractivity contribution >= 4 is 17.5 Å². The summed E-state index contributed by atoms with van der Waals surface area (Å²) in [6, 6.07) is 9.88. The third-order valence-electron chi connectivity index (χ3n) is 5.62. The van der Waals surface area contributed by atoms with Crippen LogP contribution in [0.15, 0.2) is 42.7 Å². The normalized spacial score (nSPS) is 20.2. The summed E-state index contributed by atoms with van der Waals surface area (Å²) < 4.78 is 5.48. The van der Waals surface area contributed by atoms with Crippen molar-refractivity contribution < 1.29 is 9.53 Å². The molecule has 28 heavy (non-hydrogen) atoms. The number of rotatable bonds is 4. The first kappa shape index (κ1) is 18.5. The Hall–Kier alpha value is -2.83. The highest BCUT2D eigenvalue weighted by atomic mass is 16.5. The number of benzene rings is 1. The van der Waals surface area contributed by atoms with E-state index in [1.165, 1.54) is 0 Å². The van der Waals surface area contributed by atoms with Crippen molar-refractivity contribution in [2.45, 2.75) is 12.8 Å². The molecule has 148 valence electrons. The fraction of sp³-hybridized carbons (Fsp3) is 0.476. The van der Waals surface area contributed by atoms with Crippen LogP contribution in [-0.2, 0) is 4.79 Å². The summed E-state index contributed by atoms with van der Waals surface area (Å²) in [7, 11) is 1.70. The van der Waals surface area contributed by atoms with Gasteiger partial charge in [-0.05, 0) is 31.0 Å². The van der Waals surface area contributed by atoms with Gasteiger partial charge in [0.25, 0.3) is 0 Å². The Bertz CT molecular complexity index is 792. The van der Waals surface area contributed by atoms with Crippen LogP contribution in [0.5, 0.6) is 5.75 Å². The van der Waals surface area contributed by atoms with E-state index in [0.29, 0.717) is 6.54 Å². The van der Waals surface area contributed by atoms with Gasteiger partial charge >= 0.3 is 0 Å². The molecule has 1 aromatic heterocycles. The lowest BCUT2D eigenvalue weighted by Gasteiger charge is -2.40. The van der Waals surface area contributed by atoms with E-state index in [0.717, 1.165) is 63.0 Å². The molecule has 7 nitrogen and oxygen atoms in total. The van der Waals surface area contributed by atoms with Gasteiger partial charge in [-0.3, -0.25) is 4.79 Å². The zero-order chi connectivity index (χ0) is 19.3. The van der Waals surface area contributed by atoms with Crippen LogP contribution in [0.3, 0.4) is 0 Å². The summed E-state index contributed by atoms with van der Waals surface area (Å²) in [5, 5.41) is 0. The number of piperidine rings is 1. The Kier molecular flexibility index (Phi) is 5.60. The molecule has 2 aromatic rings. The first-order valence-corrected chi connectivity index (χ1v) is 9.95. The Morgan fingerprint density at radius 2 is 1.75 bits per heavy atom. The van der Waals surface area contributed by atoms with E-state index in [2.05, 4.69) is 25.8 Å². The summed E-state index contributed by atoms with van der Waals surface area (Å²) in [4.78, 5) is 28.2. The van der Waals surface area contributed by atoms with Gasteiger partial charge in [0, 0.05) is 51.7 Å². The minimum atomic E-state index is 0.0235. The molecule has 2 fully saturated rings. The van der Waals surface area contributed by atoms with Gasteiger partial charge in [-0.15, -0.1) is 0 Å². The Morgan fingerprint density at radius 1 is 1.00 bits per heavy atom. The van der Waals surface area contributed by atoms with Crippen molar-refractivity contribution in [2.24, 2.45) is 5.92 Å². The third kappa shape index (κ3) is 3.88. The molecule has 0 unspecified atom stereocenters. The van der Waals surface area contributed by atoms with Crippen LogP contribution in [0.4, 0.5) is 11.6 Å². The topological polar surface area (TPSA) is 61.8 Å². The number of anilines is 2. The molecule has 0 aliphatic carbocycles. The Morgan fingerprint density at radius 3 is 2.50 bits per heavy atom. The monoisotopic (exact) mass is 381 g/mol. The summed E-state index contributed by atoms with van der Waals surface area (Å²) in [6.45, 7) is 4.75. The molecule has 3 heterocycles. The second-order valence-corrected chi connectivity index (χ2v) is 7.32. The molecule has 0 saturated carbocycles. The van der Waals surface area contributed by atoms with Crippen LogP contribution in [0, 0.1) is 5.92 Å². The number of amides is 1. The number of ether oxygens (including phenoxy) is 1. The third-order valence-corrected chi connectivity index (χ3v) is 5.62. The van der Waals surface area contributed by atoms with E-state index in [1.807, 2.05) is 29.2 Å². The van der Waals surface area contributed by atoms with Gasteiger partial charge in [-0.1, -0.05) is 12.1 Å². The number of aromatic nitrogens is 2. The van der Waals surface area contributed by atoms with Crippen molar-refractivity contribution in [3.05, 3.63) is 42.7 Å². The van der Waals surface area contributed by atoms with Crippen LogP contribution in [0.2, 0.25) is 0 Å². The highest BCUT2D eigenvalue weighted by Crippen LogP contribution is 2.29. The average molecular weight is 381 g/mol. The van der Waals surface area contributed by atoms with Gasteiger partial charge < -0.3 is 19.4 Å². The smallest absolute Gasteiger partial charge is 0.227 e. The summed E-state index contributed by atoms with van der Waals surface area (Å²) in [5.74, 6) is 1.89. The highest BCUT2D eigenvalue weighted by Gasteiger charge is 2.32. The molecule has 0 radical (unpaired) electrons. The van der Waals surface area contributed by atoms with Gasteiger partial charge in [0.2, 0.25) is 11.9 Å². The van der Waals surface area contributed by atoms with Crippen LogP contribution >= 0.6 is 0 Å². The first-order chi connectivity index (χ1) is 13.8. The number of carbonyl (C=O) groups is 1. The zero-order valence-electron chi connectivity index (χ0n) is 16.3. The Labute approximate surface area is 165 Å². The molecular weight excluding hydrogens is 354 g/mol. The van der Waals surface area contributed by atoms with Crippen molar-refractivity contribution in [2.75, 3.05) is 56.2 Å². The number of nitrogens with zero attached hydrogens (tertiary/aromatic N) is 5. The zero-order valence-corrected chi connectivity index (χ0v) is 16.3. The number of hydrogen-bond donors (Lipinski definition) is 0. The molecule has 2 aliphatic heterocycles. The fourth-order valence-electron chi connectivity index (χ4n) is 4.13. The number of carbonyl (C=O) groups excluding carboxylic acids is 1. The van der Waals surface area contributed by atoms with E-state index in [4.69, 9.17) is 4.74 Å². The summed E-state index contributed by atoms with van der Waals surface area (Å²) in [6.07, 6.45) is 5.44. The fourth-order valence-corrected chi connectivity index (χ4v) is 4.13. The van der Waals surface area contributed by atoms with Crippen LogP contribution in [0.25, 0.3) is 0 Å². The van der Waals surface area contributed by atoms with Crippen molar-refractivity contribution in [1.82, 2.24) is 14.9 Å². The van der Waals surface area contributed by atoms with Crippen LogP contribution in [-0.4, -0.2) is 67.2 Å². The van der Waals surface area contributed by atoms with Crippen molar-refractivity contribution in [1.29, 1.82) is 0 Å². The molecule has 2 aliphatic rings. The molecule has 1 atom stereocenters.